The second-order valence-electron chi connectivity index (χ2n) is 4.62. The predicted octanol–water partition coefficient (Wildman–Crippen LogP) is 0.248. The highest BCUT2D eigenvalue weighted by atomic mass is 16.2. The van der Waals surface area contributed by atoms with E-state index in [4.69, 9.17) is 0 Å². The van der Waals surface area contributed by atoms with Gasteiger partial charge in [0.15, 0.2) is 0 Å². The standard InChI is InChI=1S/C11H15N3O4/c1-11(2,3)14-8(10(18)13-7-16)4-5-9(17)12-6-15/h8,14H,4-5H2,1-3H3/t8-/m0/s1. The minimum absolute atomic E-state index is 0.0886. The summed E-state index contributed by atoms with van der Waals surface area (Å²) < 4.78 is 0. The highest BCUT2D eigenvalue weighted by Crippen LogP contribution is 2.08. The largest absolute Gasteiger partial charge is 0.301 e. The lowest BCUT2D eigenvalue weighted by atomic mass is 10.0. The molecule has 0 radical (unpaired) electrons. The number of carbonyl (C=O) groups excluding carboxylic acids is 4. The van der Waals surface area contributed by atoms with Crippen molar-refractivity contribution in [2.45, 2.75) is 45.2 Å². The number of aliphatic imine (C=N–C) groups is 2. The molecule has 0 aromatic rings. The Balaban J connectivity index is 4.67. The second-order valence-corrected chi connectivity index (χ2v) is 4.62. The van der Waals surface area contributed by atoms with Gasteiger partial charge in [0, 0.05) is 12.0 Å². The molecule has 0 aliphatic heterocycles. The Kier molecular flexibility index (Phi) is 6.60. The number of isocyanates is 2. The third kappa shape index (κ3) is 7.35. The van der Waals surface area contributed by atoms with Crippen LogP contribution in [0.1, 0.15) is 33.6 Å². The van der Waals surface area contributed by atoms with E-state index in [0.29, 0.717) is 0 Å². The van der Waals surface area contributed by atoms with Gasteiger partial charge in [-0.15, -0.1) is 9.98 Å². The highest BCUT2D eigenvalue weighted by molar-refractivity contribution is 5.87. The number of carbonyl (C=O) groups is 2. The maximum Gasteiger partial charge on any atom is 0.273 e. The molecular formula is C11H15N3O4. The van der Waals surface area contributed by atoms with Crippen molar-refractivity contribution in [1.29, 1.82) is 0 Å². The minimum atomic E-state index is -0.794. The lowest BCUT2D eigenvalue weighted by Crippen LogP contribution is -2.47. The van der Waals surface area contributed by atoms with Gasteiger partial charge in [-0.25, -0.2) is 9.59 Å². The SMILES string of the molecule is CC(C)(C)N[C@@H](CCC(=O)N=C=O)C(=O)N=C=O. The first-order valence-electron chi connectivity index (χ1n) is 5.30. The molecule has 2 amide bonds. The van der Waals surface area contributed by atoms with E-state index in [0.717, 1.165) is 12.2 Å². The van der Waals surface area contributed by atoms with E-state index < -0.39 is 23.4 Å². The third-order valence-electron chi connectivity index (χ3n) is 1.88. The van der Waals surface area contributed by atoms with Crippen LogP contribution in [0.15, 0.2) is 9.98 Å². The number of nitrogens with one attached hydrogen (secondary N) is 1. The molecule has 1 atom stereocenters. The molecule has 0 aliphatic rings. The maximum atomic E-state index is 11.5. The van der Waals surface area contributed by atoms with Crippen molar-refractivity contribution in [2.24, 2.45) is 9.98 Å². The quantitative estimate of drug-likeness (QED) is 0.558. The molecule has 0 bridgehead atoms. The van der Waals surface area contributed by atoms with E-state index in [1.807, 2.05) is 20.8 Å². The number of hydrogen-bond acceptors (Lipinski definition) is 5. The molecule has 98 valence electrons. The van der Waals surface area contributed by atoms with Crippen molar-refractivity contribution < 1.29 is 19.2 Å². The maximum absolute atomic E-state index is 11.5. The van der Waals surface area contributed by atoms with E-state index in [9.17, 15) is 19.2 Å². The van der Waals surface area contributed by atoms with Gasteiger partial charge in [-0.05, 0) is 27.2 Å². The Hall–Kier alpha value is -1.94. The van der Waals surface area contributed by atoms with Gasteiger partial charge in [0.2, 0.25) is 12.2 Å². The summed E-state index contributed by atoms with van der Waals surface area (Å²) in [5.41, 5.74) is -0.393. The molecule has 0 aromatic carbocycles. The van der Waals surface area contributed by atoms with Crippen molar-refractivity contribution in [3.05, 3.63) is 0 Å². The van der Waals surface area contributed by atoms with Gasteiger partial charge < -0.3 is 5.32 Å². The summed E-state index contributed by atoms with van der Waals surface area (Å²) >= 11 is 0. The smallest absolute Gasteiger partial charge is 0.273 e. The first kappa shape index (κ1) is 16.1. The van der Waals surface area contributed by atoms with Crippen LogP contribution in [0.2, 0.25) is 0 Å². The van der Waals surface area contributed by atoms with Crippen molar-refractivity contribution in [2.75, 3.05) is 0 Å². The van der Waals surface area contributed by atoms with Crippen molar-refractivity contribution >= 4 is 24.0 Å². The Morgan fingerprint density at radius 1 is 1.17 bits per heavy atom. The zero-order chi connectivity index (χ0) is 14.2. The lowest BCUT2D eigenvalue weighted by molar-refractivity contribution is -0.121. The molecule has 0 saturated heterocycles. The zero-order valence-electron chi connectivity index (χ0n) is 10.5. The number of rotatable bonds is 5. The Bertz CT molecular complexity index is 412. The molecule has 0 saturated carbocycles. The molecule has 0 unspecified atom stereocenters. The van der Waals surface area contributed by atoms with Crippen LogP contribution < -0.4 is 5.32 Å². The molecule has 0 fully saturated rings. The van der Waals surface area contributed by atoms with E-state index in [-0.39, 0.29) is 12.8 Å². The lowest BCUT2D eigenvalue weighted by Gasteiger charge is -2.25. The average molecular weight is 253 g/mol. The van der Waals surface area contributed by atoms with Crippen LogP contribution in [0.5, 0.6) is 0 Å². The van der Waals surface area contributed by atoms with Gasteiger partial charge in [0.1, 0.15) is 0 Å². The zero-order valence-corrected chi connectivity index (χ0v) is 10.5. The summed E-state index contributed by atoms with van der Waals surface area (Å²) in [7, 11) is 0. The van der Waals surface area contributed by atoms with Crippen LogP contribution in [0.25, 0.3) is 0 Å². The van der Waals surface area contributed by atoms with Crippen molar-refractivity contribution in [3.63, 3.8) is 0 Å². The fraction of sp³-hybridized carbons (Fsp3) is 0.636. The Labute approximate surface area is 104 Å². The van der Waals surface area contributed by atoms with E-state index in [1.165, 1.54) is 0 Å². The first-order chi connectivity index (χ1) is 8.30. The van der Waals surface area contributed by atoms with Gasteiger partial charge in [-0.3, -0.25) is 9.59 Å². The van der Waals surface area contributed by atoms with Crippen molar-refractivity contribution in [1.82, 2.24) is 5.32 Å². The van der Waals surface area contributed by atoms with E-state index >= 15 is 0 Å². The topological polar surface area (TPSA) is 105 Å². The summed E-state index contributed by atoms with van der Waals surface area (Å²) in [6.07, 6.45) is 2.27. The number of amides is 2. The minimum Gasteiger partial charge on any atom is -0.301 e. The molecule has 7 nitrogen and oxygen atoms in total. The summed E-state index contributed by atoms with van der Waals surface area (Å²) in [4.78, 5) is 48.3. The summed E-state index contributed by atoms with van der Waals surface area (Å²) in [6, 6.07) is -0.794. The van der Waals surface area contributed by atoms with Crippen LogP contribution >= 0.6 is 0 Å². The van der Waals surface area contributed by atoms with Crippen molar-refractivity contribution in [3.8, 4) is 0 Å². The van der Waals surface area contributed by atoms with Gasteiger partial charge >= 0.3 is 0 Å². The van der Waals surface area contributed by atoms with Gasteiger partial charge in [0.25, 0.3) is 11.8 Å². The fourth-order valence-electron chi connectivity index (χ4n) is 1.28. The molecular weight excluding hydrogens is 238 g/mol. The summed E-state index contributed by atoms with van der Waals surface area (Å²) in [5, 5.41) is 2.92. The Morgan fingerprint density at radius 3 is 2.17 bits per heavy atom. The molecule has 7 heteroatoms. The normalized spacial score (nSPS) is 11.9. The number of nitrogens with zero attached hydrogens (tertiary/aromatic N) is 2. The van der Waals surface area contributed by atoms with E-state index in [1.54, 1.807) is 0 Å². The second kappa shape index (κ2) is 7.40. The third-order valence-corrected chi connectivity index (χ3v) is 1.88. The van der Waals surface area contributed by atoms with E-state index in [2.05, 4.69) is 15.3 Å². The predicted molar refractivity (Wildman–Crippen MR) is 62.2 cm³/mol. The molecule has 0 aliphatic carbocycles. The molecule has 0 heterocycles. The molecule has 1 N–H and O–H groups in total. The highest BCUT2D eigenvalue weighted by Gasteiger charge is 2.24. The average Bonchev–Trinajstić information content (AvgIpc) is 2.23. The molecule has 18 heavy (non-hydrogen) atoms. The fourth-order valence-corrected chi connectivity index (χ4v) is 1.28. The molecule has 0 rings (SSSR count). The van der Waals surface area contributed by atoms with Gasteiger partial charge in [-0.1, -0.05) is 0 Å². The summed E-state index contributed by atoms with van der Waals surface area (Å²) in [5.74, 6) is -1.38. The van der Waals surface area contributed by atoms with Crippen LogP contribution in [0.3, 0.4) is 0 Å². The molecule has 0 spiro atoms. The monoisotopic (exact) mass is 253 g/mol. The van der Waals surface area contributed by atoms with Crippen LogP contribution in [0.4, 0.5) is 0 Å². The Morgan fingerprint density at radius 2 is 1.72 bits per heavy atom. The van der Waals surface area contributed by atoms with Crippen LogP contribution in [-0.2, 0) is 19.2 Å². The summed E-state index contributed by atoms with van der Waals surface area (Å²) in [6.45, 7) is 5.47. The van der Waals surface area contributed by atoms with Crippen LogP contribution in [0, 0.1) is 0 Å². The first-order valence-corrected chi connectivity index (χ1v) is 5.30. The van der Waals surface area contributed by atoms with Gasteiger partial charge in [-0.2, -0.15) is 0 Å². The molecule has 0 aromatic heterocycles. The number of hydrogen-bond donors (Lipinski definition) is 1. The van der Waals surface area contributed by atoms with Crippen LogP contribution in [-0.4, -0.2) is 35.6 Å². The van der Waals surface area contributed by atoms with Gasteiger partial charge in [0.05, 0.1) is 6.04 Å².